The van der Waals surface area contributed by atoms with Gasteiger partial charge >= 0.3 is 0 Å². The number of hydrogen-bond donors (Lipinski definition) is 1. The molecule has 1 fully saturated rings. The van der Waals surface area contributed by atoms with Crippen LogP contribution in [0.5, 0.6) is 5.75 Å². The van der Waals surface area contributed by atoms with E-state index in [1.165, 1.54) is 11.8 Å². The summed E-state index contributed by atoms with van der Waals surface area (Å²) in [6.07, 6.45) is 3.44. The molecule has 0 aliphatic carbocycles. The number of nitrogens with zero attached hydrogens (tertiary/aromatic N) is 1. The Bertz CT molecular complexity index is 926. The Morgan fingerprint density at radius 3 is 2.77 bits per heavy atom. The lowest BCUT2D eigenvalue weighted by Gasteiger charge is -2.06. The van der Waals surface area contributed by atoms with Crippen molar-refractivity contribution in [2.24, 2.45) is 4.99 Å². The number of carbonyl (C=O) groups is 1. The molecule has 4 nitrogen and oxygen atoms in total. The summed E-state index contributed by atoms with van der Waals surface area (Å²) in [7, 11) is 0. The van der Waals surface area contributed by atoms with E-state index in [4.69, 9.17) is 27.9 Å². The molecule has 0 saturated carbocycles. The van der Waals surface area contributed by atoms with Gasteiger partial charge in [0.2, 0.25) is 0 Å². The highest BCUT2D eigenvalue weighted by atomic mass is 35.5. The molecule has 1 aliphatic heterocycles. The Kier molecular flexibility index (Phi) is 6.04. The molecule has 0 atom stereocenters. The van der Waals surface area contributed by atoms with Gasteiger partial charge in [-0.2, -0.15) is 0 Å². The van der Waals surface area contributed by atoms with Crippen LogP contribution in [0, 0.1) is 0 Å². The number of carbonyl (C=O) groups excluding carboxylic acids is 1. The molecule has 0 bridgehead atoms. The molecule has 0 spiro atoms. The summed E-state index contributed by atoms with van der Waals surface area (Å²) in [4.78, 5) is 17.2. The van der Waals surface area contributed by atoms with Gasteiger partial charge in [-0.15, -0.1) is 0 Å². The smallest absolute Gasteiger partial charge is 0.264 e. The largest absolute Gasteiger partial charge is 0.489 e. The highest BCUT2D eigenvalue weighted by Crippen LogP contribution is 2.32. The minimum Gasteiger partial charge on any atom is -0.489 e. The molecule has 2 aromatic rings. The van der Waals surface area contributed by atoms with Gasteiger partial charge in [0.25, 0.3) is 5.91 Å². The van der Waals surface area contributed by atoms with Crippen molar-refractivity contribution in [3.63, 3.8) is 0 Å². The second-order valence-electron chi connectivity index (χ2n) is 5.22. The van der Waals surface area contributed by atoms with E-state index in [0.717, 1.165) is 5.56 Å². The van der Waals surface area contributed by atoms with Crippen molar-refractivity contribution in [2.75, 3.05) is 6.61 Å². The first-order valence-electron chi connectivity index (χ1n) is 7.64. The van der Waals surface area contributed by atoms with Crippen LogP contribution in [0.25, 0.3) is 6.08 Å². The topological polar surface area (TPSA) is 50.7 Å². The zero-order valence-electron chi connectivity index (χ0n) is 13.5. The third-order valence-electron chi connectivity index (χ3n) is 3.35. The zero-order chi connectivity index (χ0) is 18.5. The Balaban J connectivity index is 1.83. The zero-order valence-corrected chi connectivity index (χ0v) is 15.9. The highest BCUT2D eigenvalue weighted by molar-refractivity contribution is 8.18. The van der Waals surface area contributed by atoms with Crippen molar-refractivity contribution in [2.45, 2.75) is 0 Å². The van der Waals surface area contributed by atoms with Crippen LogP contribution in [-0.4, -0.2) is 17.7 Å². The number of halogens is 2. The molecule has 1 saturated heterocycles. The van der Waals surface area contributed by atoms with Crippen LogP contribution in [0.3, 0.4) is 0 Å². The van der Waals surface area contributed by atoms with E-state index in [-0.39, 0.29) is 5.91 Å². The molecule has 1 N–H and O–H groups in total. The van der Waals surface area contributed by atoms with Crippen LogP contribution in [0.4, 0.5) is 5.69 Å². The Morgan fingerprint density at radius 1 is 1.19 bits per heavy atom. The van der Waals surface area contributed by atoms with Crippen LogP contribution in [-0.2, 0) is 4.79 Å². The summed E-state index contributed by atoms with van der Waals surface area (Å²) in [6, 6.07) is 12.5. The van der Waals surface area contributed by atoms with Crippen LogP contribution in [0.1, 0.15) is 5.56 Å². The van der Waals surface area contributed by atoms with Crippen molar-refractivity contribution in [3.05, 3.63) is 75.6 Å². The summed E-state index contributed by atoms with van der Waals surface area (Å²) in [6.45, 7) is 4.03. The maximum Gasteiger partial charge on any atom is 0.264 e. The molecular formula is C19H14Cl2N2O2S. The summed E-state index contributed by atoms with van der Waals surface area (Å²) >= 11 is 13.1. The van der Waals surface area contributed by atoms with Crippen LogP contribution < -0.4 is 10.1 Å². The van der Waals surface area contributed by atoms with Gasteiger partial charge in [0.1, 0.15) is 12.4 Å². The molecular weight excluding hydrogens is 391 g/mol. The number of amides is 1. The number of hydrogen-bond acceptors (Lipinski definition) is 4. The predicted molar refractivity (Wildman–Crippen MR) is 109 cm³/mol. The van der Waals surface area contributed by atoms with Gasteiger partial charge < -0.3 is 10.1 Å². The fraction of sp³-hybridized carbons (Fsp3) is 0.0526. The second-order valence-corrected chi connectivity index (χ2v) is 7.06. The molecule has 0 unspecified atom stereocenters. The first-order valence-corrected chi connectivity index (χ1v) is 9.21. The number of rotatable bonds is 5. The fourth-order valence-electron chi connectivity index (χ4n) is 2.17. The molecule has 3 rings (SSSR count). The average molecular weight is 405 g/mol. The lowest BCUT2D eigenvalue weighted by Crippen LogP contribution is -2.19. The molecule has 0 radical (unpaired) electrons. The third-order valence-corrected chi connectivity index (χ3v) is 5.00. The Labute approximate surface area is 165 Å². The van der Waals surface area contributed by atoms with Crippen molar-refractivity contribution in [3.8, 4) is 5.75 Å². The van der Waals surface area contributed by atoms with Crippen LogP contribution >= 0.6 is 35.0 Å². The molecule has 0 aromatic heterocycles. The minimum absolute atomic E-state index is 0.215. The number of aliphatic imine (C=N–C) groups is 1. The van der Waals surface area contributed by atoms with Gasteiger partial charge in [0.05, 0.1) is 20.6 Å². The van der Waals surface area contributed by atoms with E-state index in [9.17, 15) is 4.79 Å². The first kappa shape index (κ1) is 18.6. The Morgan fingerprint density at radius 2 is 2.00 bits per heavy atom. The van der Waals surface area contributed by atoms with E-state index in [1.54, 1.807) is 30.4 Å². The minimum atomic E-state index is -0.215. The number of benzene rings is 2. The van der Waals surface area contributed by atoms with E-state index >= 15 is 0 Å². The normalized spacial score (nSPS) is 16.8. The lowest BCUT2D eigenvalue weighted by molar-refractivity contribution is -0.115. The van der Waals surface area contributed by atoms with Crippen LogP contribution in [0.15, 0.2) is 65.0 Å². The van der Waals surface area contributed by atoms with E-state index in [1.807, 2.05) is 24.3 Å². The monoisotopic (exact) mass is 404 g/mol. The summed E-state index contributed by atoms with van der Waals surface area (Å²) in [5.41, 5.74) is 1.42. The number of para-hydroxylation sites is 1. The number of ether oxygens (including phenoxy) is 1. The molecule has 26 heavy (non-hydrogen) atoms. The van der Waals surface area contributed by atoms with Gasteiger partial charge in [-0.05, 0) is 42.1 Å². The molecule has 7 heteroatoms. The van der Waals surface area contributed by atoms with Gasteiger partial charge in [-0.3, -0.25) is 4.79 Å². The molecule has 2 aromatic carbocycles. The summed E-state index contributed by atoms with van der Waals surface area (Å²) < 4.78 is 5.62. The molecule has 1 heterocycles. The molecule has 1 aliphatic rings. The van der Waals surface area contributed by atoms with E-state index in [0.29, 0.717) is 38.2 Å². The van der Waals surface area contributed by atoms with Gasteiger partial charge in [-0.25, -0.2) is 4.99 Å². The summed E-state index contributed by atoms with van der Waals surface area (Å²) in [5, 5.41) is 4.08. The standard InChI is InChI=1S/C19H14Cl2N2O2S/c1-2-9-25-16-6-4-3-5-12(16)10-17-18(24)23-19(26-17)22-13-7-8-14(20)15(21)11-13/h2-8,10-11H,1,9H2,(H,22,23,24)/b17-10-. The SMILES string of the molecule is C=CCOc1ccccc1/C=C1\SC(=Nc2ccc(Cl)c(Cl)c2)NC1=O. The van der Waals surface area contributed by atoms with Gasteiger partial charge in [0.15, 0.2) is 5.17 Å². The third kappa shape index (κ3) is 4.49. The molecule has 1 amide bonds. The number of nitrogens with one attached hydrogen (secondary N) is 1. The quantitative estimate of drug-likeness (QED) is 0.532. The average Bonchev–Trinajstić information content (AvgIpc) is 2.96. The molecule has 132 valence electrons. The number of thioether (sulfide) groups is 1. The van der Waals surface area contributed by atoms with E-state index < -0.39 is 0 Å². The lowest BCUT2D eigenvalue weighted by atomic mass is 10.2. The van der Waals surface area contributed by atoms with E-state index in [2.05, 4.69) is 16.9 Å². The van der Waals surface area contributed by atoms with Crippen molar-refractivity contribution < 1.29 is 9.53 Å². The van der Waals surface area contributed by atoms with Gasteiger partial charge in [0, 0.05) is 5.56 Å². The predicted octanol–water partition coefficient (Wildman–Crippen LogP) is 5.45. The number of amidine groups is 1. The Hall–Kier alpha value is -2.21. The van der Waals surface area contributed by atoms with Crippen molar-refractivity contribution in [1.29, 1.82) is 0 Å². The maximum absolute atomic E-state index is 12.2. The van der Waals surface area contributed by atoms with Gasteiger partial charge in [-0.1, -0.05) is 54.1 Å². The fourth-order valence-corrected chi connectivity index (χ4v) is 3.30. The highest BCUT2D eigenvalue weighted by Gasteiger charge is 2.24. The first-order chi connectivity index (χ1) is 12.6. The van der Waals surface area contributed by atoms with Crippen molar-refractivity contribution in [1.82, 2.24) is 5.32 Å². The summed E-state index contributed by atoms with van der Waals surface area (Å²) in [5.74, 6) is 0.468. The van der Waals surface area contributed by atoms with Crippen molar-refractivity contribution >= 4 is 57.8 Å². The second kappa shape index (κ2) is 8.45. The van der Waals surface area contributed by atoms with Crippen LogP contribution in [0.2, 0.25) is 10.0 Å². The maximum atomic E-state index is 12.2.